The van der Waals surface area contributed by atoms with Crippen LogP contribution in [0.25, 0.3) is 0 Å². The molecule has 154 valence electrons. The Kier molecular flexibility index (Phi) is 5.85. The molecule has 0 saturated carbocycles. The van der Waals surface area contributed by atoms with Crippen LogP contribution in [0.2, 0.25) is 5.02 Å². The van der Waals surface area contributed by atoms with Crippen LogP contribution in [0.4, 0.5) is 16.0 Å². The highest BCUT2D eigenvalue weighted by atomic mass is 35.5. The van der Waals surface area contributed by atoms with Gasteiger partial charge < -0.3 is 14.7 Å². The maximum absolute atomic E-state index is 13.3. The van der Waals surface area contributed by atoms with Crippen LogP contribution in [-0.4, -0.2) is 60.0 Å². The second kappa shape index (κ2) is 8.53. The predicted octanol–water partition coefficient (Wildman–Crippen LogP) is 3.53. The minimum Gasteiger partial charge on any atom is -0.356 e. The Morgan fingerprint density at radius 1 is 0.931 bits per heavy atom. The summed E-state index contributed by atoms with van der Waals surface area (Å²) in [5.74, 6) is 2.05. The Bertz CT molecular complexity index is 895. The van der Waals surface area contributed by atoms with Gasteiger partial charge in [0.2, 0.25) is 0 Å². The van der Waals surface area contributed by atoms with E-state index in [-0.39, 0.29) is 10.9 Å². The lowest BCUT2D eigenvalue weighted by Crippen LogP contribution is -2.49. The topological polar surface area (TPSA) is 52.6 Å². The van der Waals surface area contributed by atoms with Gasteiger partial charge in [-0.1, -0.05) is 11.6 Å². The number of carbonyl (C=O) groups excluding carboxylic acids is 1. The average molecular weight is 418 g/mol. The van der Waals surface area contributed by atoms with Crippen molar-refractivity contribution in [2.75, 3.05) is 49.1 Å². The molecule has 2 aliphatic heterocycles. The molecule has 0 atom stereocenters. The summed E-state index contributed by atoms with van der Waals surface area (Å²) in [5.41, 5.74) is 0.340. The first kappa shape index (κ1) is 19.9. The molecule has 29 heavy (non-hydrogen) atoms. The van der Waals surface area contributed by atoms with E-state index in [4.69, 9.17) is 11.6 Å². The Morgan fingerprint density at radius 2 is 1.55 bits per heavy atom. The van der Waals surface area contributed by atoms with Crippen LogP contribution in [0.3, 0.4) is 0 Å². The zero-order valence-electron chi connectivity index (χ0n) is 16.6. The van der Waals surface area contributed by atoms with Crippen molar-refractivity contribution in [1.82, 2.24) is 14.9 Å². The fourth-order valence-electron chi connectivity index (χ4n) is 3.96. The number of hydrogen-bond acceptors (Lipinski definition) is 5. The first-order chi connectivity index (χ1) is 14.0. The van der Waals surface area contributed by atoms with Gasteiger partial charge in [0.05, 0.1) is 10.6 Å². The number of rotatable bonds is 3. The van der Waals surface area contributed by atoms with Crippen molar-refractivity contribution in [2.45, 2.75) is 26.2 Å². The molecule has 3 heterocycles. The number of hydrogen-bond donors (Lipinski definition) is 0. The molecule has 2 fully saturated rings. The molecule has 0 N–H and O–H groups in total. The molecule has 6 nitrogen and oxygen atoms in total. The number of nitrogens with zero attached hydrogens (tertiary/aromatic N) is 5. The van der Waals surface area contributed by atoms with Gasteiger partial charge in [0.15, 0.2) is 0 Å². The van der Waals surface area contributed by atoms with Gasteiger partial charge >= 0.3 is 0 Å². The summed E-state index contributed by atoms with van der Waals surface area (Å²) in [7, 11) is 0. The van der Waals surface area contributed by atoms with E-state index < -0.39 is 5.82 Å². The summed E-state index contributed by atoms with van der Waals surface area (Å²) in [6, 6.07) is 5.95. The van der Waals surface area contributed by atoms with E-state index in [2.05, 4.69) is 25.8 Å². The molecule has 0 spiro atoms. The van der Waals surface area contributed by atoms with Crippen molar-refractivity contribution in [3.05, 3.63) is 46.5 Å². The molecule has 2 aliphatic rings. The normalized spacial score (nSPS) is 17.6. The van der Waals surface area contributed by atoms with Crippen LogP contribution in [0.15, 0.2) is 24.3 Å². The lowest BCUT2D eigenvalue weighted by atomic mass is 10.1. The molecule has 0 aliphatic carbocycles. The second-order valence-corrected chi connectivity index (χ2v) is 7.99. The van der Waals surface area contributed by atoms with Crippen molar-refractivity contribution in [2.24, 2.45) is 0 Å². The van der Waals surface area contributed by atoms with E-state index in [1.165, 1.54) is 37.5 Å². The summed E-state index contributed by atoms with van der Waals surface area (Å²) >= 11 is 6.06. The van der Waals surface area contributed by atoms with Crippen LogP contribution < -0.4 is 9.80 Å². The van der Waals surface area contributed by atoms with Gasteiger partial charge in [-0.2, -0.15) is 0 Å². The second-order valence-electron chi connectivity index (χ2n) is 7.58. The Balaban J connectivity index is 1.44. The largest absolute Gasteiger partial charge is 0.356 e. The van der Waals surface area contributed by atoms with E-state index in [1.807, 2.05) is 6.92 Å². The highest BCUT2D eigenvalue weighted by Gasteiger charge is 2.25. The summed E-state index contributed by atoms with van der Waals surface area (Å²) in [6.45, 7) is 6.49. The van der Waals surface area contributed by atoms with Crippen molar-refractivity contribution in [1.29, 1.82) is 0 Å². The minimum absolute atomic E-state index is 0.148. The lowest BCUT2D eigenvalue weighted by Gasteiger charge is -2.36. The summed E-state index contributed by atoms with van der Waals surface area (Å²) < 4.78 is 13.3. The number of piperidine rings is 1. The summed E-state index contributed by atoms with van der Waals surface area (Å²) in [4.78, 5) is 28.3. The average Bonchev–Trinajstić information content (AvgIpc) is 2.74. The van der Waals surface area contributed by atoms with Crippen molar-refractivity contribution < 1.29 is 9.18 Å². The van der Waals surface area contributed by atoms with Crippen molar-refractivity contribution in [3.63, 3.8) is 0 Å². The molecule has 4 rings (SSSR count). The van der Waals surface area contributed by atoms with Gasteiger partial charge in [-0.3, -0.25) is 4.79 Å². The monoisotopic (exact) mass is 417 g/mol. The van der Waals surface area contributed by atoms with Gasteiger partial charge in [-0.25, -0.2) is 14.4 Å². The fourth-order valence-corrected chi connectivity index (χ4v) is 4.20. The van der Waals surface area contributed by atoms with Crippen molar-refractivity contribution in [3.8, 4) is 0 Å². The number of aryl methyl sites for hydroxylation is 1. The standard InChI is InChI=1S/C21H25ClFN5O/c1-15-24-19(26-7-3-2-4-8-26)14-20(25-15)27-9-11-28(12-10-27)21(29)17-6-5-16(23)13-18(17)22/h5-6,13-14H,2-4,7-12H2,1H3. The molecule has 1 amide bonds. The summed E-state index contributed by atoms with van der Waals surface area (Å²) in [5, 5.41) is 0.148. The van der Waals surface area contributed by atoms with Gasteiger partial charge in [0.25, 0.3) is 5.91 Å². The van der Waals surface area contributed by atoms with Crippen molar-refractivity contribution >= 4 is 29.1 Å². The maximum atomic E-state index is 13.3. The van der Waals surface area contributed by atoms with Crippen LogP contribution in [0, 0.1) is 12.7 Å². The van der Waals surface area contributed by atoms with Crippen LogP contribution in [0.5, 0.6) is 0 Å². The number of piperazine rings is 1. The van der Waals surface area contributed by atoms with E-state index >= 15 is 0 Å². The maximum Gasteiger partial charge on any atom is 0.255 e. The smallest absolute Gasteiger partial charge is 0.255 e. The Labute approximate surface area is 175 Å². The highest BCUT2D eigenvalue weighted by molar-refractivity contribution is 6.33. The van der Waals surface area contributed by atoms with Crippen LogP contribution in [-0.2, 0) is 0 Å². The first-order valence-corrected chi connectivity index (χ1v) is 10.5. The fraction of sp³-hybridized carbons (Fsp3) is 0.476. The molecule has 0 unspecified atom stereocenters. The Morgan fingerprint density at radius 3 is 2.17 bits per heavy atom. The molecule has 0 bridgehead atoms. The molecule has 2 saturated heterocycles. The zero-order chi connectivity index (χ0) is 20.4. The number of anilines is 2. The van der Waals surface area contributed by atoms with E-state index in [0.29, 0.717) is 31.7 Å². The Hall–Kier alpha value is -2.41. The number of carbonyl (C=O) groups is 1. The molecule has 1 aromatic carbocycles. The number of amides is 1. The van der Waals surface area contributed by atoms with E-state index in [1.54, 1.807) is 4.90 Å². The SMILES string of the molecule is Cc1nc(N2CCCCC2)cc(N2CCN(C(=O)c3ccc(F)cc3Cl)CC2)n1. The molecular formula is C21H25ClFN5O. The predicted molar refractivity (Wildman–Crippen MR) is 112 cm³/mol. The van der Waals surface area contributed by atoms with Gasteiger partial charge in [0, 0.05) is 45.3 Å². The number of benzene rings is 1. The minimum atomic E-state index is -0.444. The number of halogens is 2. The van der Waals surface area contributed by atoms with E-state index in [0.717, 1.165) is 30.5 Å². The van der Waals surface area contributed by atoms with Gasteiger partial charge in [-0.15, -0.1) is 0 Å². The zero-order valence-corrected chi connectivity index (χ0v) is 17.3. The summed E-state index contributed by atoms with van der Waals surface area (Å²) in [6.07, 6.45) is 3.68. The molecular weight excluding hydrogens is 393 g/mol. The molecule has 1 aromatic heterocycles. The molecule has 0 radical (unpaired) electrons. The third-order valence-corrected chi connectivity index (χ3v) is 5.86. The van der Waals surface area contributed by atoms with Crippen LogP contribution >= 0.6 is 11.6 Å². The van der Waals surface area contributed by atoms with Gasteiger partial charge in [0.1, 0.15) is 23.3 Å². The third-order valence-electron chi connectivity index (χ3n) is 5.54. The quantitative estimate of drug-likeness (QED) is 0.764. The first-order valence-electron chi connectivity index (χ1n) is 10.1. The lowest BCUT2D eigenvalue weighted by molar-refractivity contribution is 0.0746. The molecule has 8 heteroatoms. The van der Waals surface area contributed by atoms with Crippen LogP contribution in [0.1, 0.15) is 35.4 Å². The van der Waals surface area contributed by atoms with Gasteiger partial charge in [-0.05, 0) is 44.4 Å². The highest BCUT2D eigenvalue weighted by Crippen LogP contribution is 2.24. The molecule has 2 aromatic rings. The number of aromatic nitrogens is 2. The third kappa shape index (κ3) is 4.45. The van der Waals surface area contributed by atoms with E-state index in [9.17, 15) is 9.18 Å².